The van der Waals surface area contributed by atoms with E-state index in [2.05, 4.69) is 5.32 Å². The number of para-hydroxylation sites is 1. The number of carboxylic acid groups (broad SMARTS) is 1. The number of benzene rings is 2. The van der Waals surface area contributed by atoms with Gasteiger partial charge >= 0.3 is 5.97 Å². The first kappa shape index (κ1) is 19.0. The van der Waals surface area contributed by atoms with E-state index in [0.717, 1.165) is 0 Å². The first-order chi connectivity index (χ1) is 12.9. The molecule has 0 radical (unpaired) electrons. The van der Waals surface area contributed by atoms with Crippen LogP contribution in [-0.4, -0.2) is 33.1 Å². The van der Waals surface area contributed by atoms with Gasteiger partial charge in [-0.25, -0.2) is 8.42 Å². The zero-order chi connectivity index (χ0) is 19.4. The van der Waals surface area contributed by atoms with Crippen molar-refractivity contribution in [2.75, 3.05) is 23.3 Å². The van der Waals surface area contributed by atoms with E-state index in [4.69, 9.17) is 9.84 Å². The molecule has 0 spiro atoms. The molecule has 27 heavy (non-hydrogen) atoms. The first-order valence-corrected chi connectivity index (χ1v) is 10.2. The second-order valence-electron chi connectivity index (χ2n) is 6.29. The van der Waals surface area contributed by atoms with E-state index < -0.39 is 16.0 Å². The molecule has 144 valence electrons. The summed E-state index contributed by atoms with van der Waals surface area (Å²) < 4.78 is 33.2. The summed E-state index contributed by atoms with van der Waals surface area (Å²) in [5.74, 6) is -0.215. The number of methoxy groups -OCH3 is 1. The smallest absolute Gasteiger partial charge is 0.303 e. The number of sulfonamides is 1. The summed E-state index contributed by atoms with van der Waals surface area (Å²) >= 11 is 0. The van der Waals surface area contributed by atoms with E-state index in [-0.39, 0.29) is 17.9 Å². The number of ether oxygens (including phenoxy) is 1. The third kappa shape index (κ3) is 4.00. The van der Waals surface area contributed by atoms with Gasteiger partial charge in [0.25, 0.3) is 10.0 Å². The molecule has 0 fully saturated rings. The highest BCUT2D eigenvalue weighted by Gasteiger charge is 2.32. The molecule has 0 amide bonds. The van der Waals surface area contributed by atoms with E-state index in [1.54, 1.807) is 49.6 Å². The van der Waals surface area contributed by atoms with Crippen LogP contribution in [0.5, 0.6) is 5.75 Å². The minimum atomic E-state index is -3.74. The minimum Gasteiger partial charge on any atom is -0.497 e. The lowest BCUT2D eigenvalue weighted by Gasteiger charge is -2.24. The molecule has 0 aromatic heterocycles. The second-order valence-corrected chi connectivity index (χ2v) is 8.12. The molecule has 0 bridgehead atoms. The summed E-state index contributed by atoms with van der Waals surface area (Å²) in [7, 11) is -2.18. The fourth-order valence-electron chi connectivity index (χ4n) is 3.10. The molecule has 0 unspecified atom stereocenters. The average Bonchev–Trinajstić information content (AvgIpc) is 2.73. The summed E-state index contributed by atoms with van der Waals surface area (Å²) in [6.07, 6.45) is 1.82. The quantitative estimate of drug-likeness (QED) is 0.702. The van der Waals surface area contributed by atoms with Gasteiger partial charge in [0.1, 0.15) is 10.6 Å². The maximum absolute atomic E-state index is 13.3. The van der Waals surface area contributed by atoms with Gasteiger partial charge in [-0.3, -0.25) is 9.10 Å². The number of unbranched alkanes of at least 4 members (excludes halogenated alkanes) is 2. The van der Waals surface area contributed by atoms with Gasteiger partial charge in [-0.2, -0.15) is 0 Å². The molecule has 2 N–H and O–H groups in total. The molecular weight excluding hydrogens is 368 g/mol. The molecule has 0 aliphatic carbocycles. The van der Waals surface area contributed by atoms with Crippen LogP contribution in [0.1, 0.15) is 25.7 Å². The van der Waals surface area contributed by atoms with Crippen LogP contribution in [0.4, 0.5) is 17.1 Å². The first-order valence-electron chi connectivity index (χ1n) is 8.72. The Morgan fingerprint density at radius 3 is 2.63 bits per heavy atom. The van der Waals surface area contributed by atoms with Gasteiger partial charge in [0, 0.05) is 19.0 Å². The van der Waals surface area contributed by atoms with Crippen LogP contribution >= 0.6 is 0 Å². The van der Waals surface area contributed by atoms with Gasteiger partial charge in [-0.15, -0.1) is 0 Å². The predicted octanol–water partition coefficient (Wildman–Crippen LogP) is 3.59. The summed E-state index contributed by atoms with van der Waals surface area (Å²) in [6, 6.07) is 12.0. The van der Waals surface area contributed by atoms with Crippen LogP contribution in [0.3, 0.4) is 0 Å². The van der Waals surface area contributed by atoms with Gasteiger partial charge in [0.2, 0.25) is 0 Å². The molecule has 0 saturated carbocycles. The predicted molar refractivity (Wildman–Crippen MR) is 103 cm³/mol. The lowest BCUT2D eigenvalue weighted by molar-refractivity contribution is -0.137. The maximum atomic E-state index is 13.3. The van der Waals surface area contributed by atoms with Crippen LogP contribution in [0.25, 0.3) is 0 Å². The van der Waals surface area contributed by atoms with Crippen molar-refractivity contribution >= 4 is 33.1 Å². The number of carboxylic acids is 1. The van der Waals surface area contributed by atoms with E-state index >= 15 is 0 Å². The van der Waals surface area contributed by atoms with Crippen LogP contribution in [0.15, 0.2) is 47.4 Å². The SMILES string of the molecule is COc1ccc2c(c1)Nc1ccccc1S(=O)(=O)N2CCCCCC(=O)O. The third-order valence-corrected chi connectivity index (χ3v) is 6.32. The fraction of sp³-hybridized carbons (Fsp3) is 0.316. The minimum absolute atomic E-state index is 0.0882. The summed E-state index contributed by atoms with van der Waals surface area (Å²) in [5.41, 5.74) is 1.71. The Labute approximate surface area is 158 Å². The Hall–Kier alpha value is -2.74. The molecule has 2 aromatic rings. The molecule has 0 atom stereocenters. The standard InChI is InChI=1S/C19H22N2O5S/c1-26-14-10-11-17-16(13-14)20-15-7-4-5-8-18(15)27(24,25)21(17)12-6-2-3-9-19(22)23/h4-5,7-8,10-11,13,20H,2-3,6,9,12H2,1H3,(H,22,23). The highest BCUT2D eigenvalue weighted by atomic mass is 32.2. The second kappa shape index (κ2) is 7.87. The number of rotatable bonds is 7. The largest absolute Gasteiger partial charge is 0.497 e. The fourth-order valence-corrected chi connectivity index (χ4v) is 4.77. The topological polar surface area (TPSA) is 95.9 Å². The zero-order valence-corrected chi connectivity index (χ0v) is 15.8. The molecule has 1 aliphatic rings. The molecule has 7 nitrogen and oxygen atoms in total. The van der Waals surface area contributed by atoms with Crippen molar-refractivity contribution in [3.8, 4) is 5.75 Å². The highest BCUT2D eigenvalue weighted by Crippen LogP contribution is 2.41. The van der Waals surface area contributed by atoms with Crippen molar-refractivity contribution in [2.24, 2.45) is 0 Å². The Bertz CT molecular complexity index is 943. The molecule has 1 aliphatic heterocycles. The number of hydrogen-bond donors (Lipinski definition) is 2. The van der Waals surface area contributed by atoms with Crippen molar-refractivity contribution < 1.29 is 23.1 Å². The molecule has 1 heterocycles. The number of aliphatic carboxylic acids is 1. The maximum Gasteiger partial charge on any atom is 0.303 e. The number of carbonyl (C=O) groups is 1. The lowest BCUT2D eigenvalue weighted by Crippen LogP contribution is -2.31. The third-order valence-electron chi connectivity index (χ3n) is 4.45. The number of nitrogens with one attached hydrogen (secondary N) is 1. The molecular formula is C19H22N2O5S. The Kier molecular flexibility index (Phi) is 5.55. The van der Waals surface area contributed by atoms with Crippen molar-refractivity contribution in [2.45, 2.75) is 30.6 Å². The van der Waals surface area contributed by atoms with Crippen molar-refractivity contribution in [1.82, 2.24) is 0 Å². The van der Waals surface area contributed by atoms with Crippen molar-refractivity contribution in [3.05, 3.63) is 42.5 Å². The number of anilines is 3. The molecule has 8 heteroatoms. The summed E-state index contributed by atoms with van der Waals surface area (Å²) in [6.45, 7) is 0.275. The van der Waals surface area contributed by atoms with Crippen molar-refractivity contribution in [3.63, 3.8) is 0 Å². The zero-order valence-electron chi connectivity index (χ0n) is 15.0. The molecule has 2 aromatic carbocycles. The normalized spacial score (nSPS) is 14.5. The number of hydrogen-bond acceptors (Lipinski definition) is 5. The average molecular weight is 390 g/mol. The summed E-state index contributed by atoms with van der Waals surface area (Å²) in [5, 5.41) is 11.9. The van der Waals surface area contributed by atoms with Gasteiger partial charge in [0.05, 0.1) is 24.2 Å². The highest BCUT2D eigenvalue weighted by molar-refractivity contribution is 7.93. The number of fused-ring (bicyclic) bond motifs is 2. The lowest BCUT2D eigenvalue weighted by atomic mass is 10.2. The van der Waals surface area contributed by atoms with E-state index in [1.165, 1.54) is 4.31 Å². The van der Waals surface area contributed by atoms with E-state index in [1.807, 2.05) is 0 Å². The van der Waals surface area contributed by atoms with Gasteiger partial charge in [-0.05, 0) is 37.1 Å². The molecule has 0 saturated heterocycles. The number of nitrogens with zero attached hydrogens (tertiary/aromatic N) is 1. The van der Waals surface area contributed by atoms with Crippen LogP contribution in [-0.2, 0) is 14.8 Å². The van der Waals surface area contributed by atoms with Gasteiger partial charge in [-0.1, -0.05) is 18.6 Å². The summed E-state index contributed by atoms with van der Waals surface area (Å²) in [4.78, 5) is 10.9. The Morgan fingerprint density at radius 2 is 1.89 bits per heavy atom. The van der Waals surface area contributed by atoms with Gasteiger partial charge < -0.3 is 15.2 Å². The van der Waals surface area contributed by atoms with Crippen LogP contribution in [0, 0.1) is 0 Å². The van der Waals surface area contributed by atoms with Gasteiger partial charge in [0.15, 0.2) is 0 Å². The van der Waals surface area contributed by atoms with E-state index in [9.17, 15) is 13.2 Å². The van der Waals surface area contributed by atoms with Crippen LogP contribution in [0.2, 0.25) is 0 Å². The Morgan fingerprint density at radius 1 is 1.11 bits per heavy atom. The van der Waals surface area contributed by atoms with Crippen LogP contribution < -0.4 is 14.4 Å². The monoisotopic (exact) mass is 390 g/mol. The van der Waals surface area contributed by atoms with Crippen molar-refractivity contribution in [1.29, 1.82) is 0 Å². The Balaban J connectivity index is 1.95. The molecule has 3 rings (SSSR count). The van der Waals surface area contributed by atoms with E-state index in [0.29, 0.717) is 42.1 Å².